The summed E-state index contributed by atoms with van der Waals surface area (Å²) in [7, 11) is 1.96. The van der Waals surface area contributed by atoms with Gasteiger partial charge in [-0.15, -0.1) is 0 Å². The van der Waals surface area contributed by atoms with Crippen LogP contribution in [0.25, 0.3) is 17.3 Å². The Kier molecular flexibility index (Phi) is 4.11. The zero-order valence-electron chi connectivity index (χ0n) is 9.98. The molecule has 0 saturated carbocycles. The van der Waals surface area contributed by atoms with Gasteiger partial charge < -0.3 is 5.32 Å². The van der Waals surface area contributed by atoms with Gasteiger partial charge in [-0.1, -0.05) is 36.4 Å². The van der Waals surface area contributed by atoms with Crippen LogP contribution in [0.2, 0.25) is 0 Å². The molecule has 88 valence electrons. The average Bonchev–Trinajstić information content (AvgIpc) is 2.89. The smallest absolute Gasteiger partial charge is 0.0656 e. The highest BCUT2D eigenvalue weighted by Crippen LogP contribution is 2.22. The largest absolute Gasteiger partial charge is 0.319 e. The fourth-order valence-electron chi connectivity index (χ4n) is 1.73. The molecule has 0 aliphatic heterocycles. The SMILES string of the molecule is CNCCC=Cc1ccccc1-c1ccn[nH]1. The van der Waals surface area contributed by atoms with Crippen LogP contribution in [-0.4, -0.2) is 23.8 Å². The number of benzene rings is 1. The highest BCUT2D eigenvalue weighted by Gasteiger charge is 2.02. The maximum atomic E-state index is 3.99. The first kappa shape index (κ1) is 11.6. The van der Waals surface area contributed by atoms with Crippen LogP contribution in [0.3, 0.4) is 0 Å². The molecular weight excluding hydrogens is 210 g/mol. The van der Waals surface area contributed by atoms with E-state index in [1.165, 1.54) is 11.1 Å². The third kappa shape index (κ3) is 3.04. The summed E-state index contributed by atoms with van der Waals surface area (Å²) in [5, 5.41) is 10.1. The maximum Gasteiger partial charge on any atom is 0.0656 e. The quantitative estimate of drug-likeness (QED) is 0.771. The first-order valence-electron chi connectivity index (χ1n) is 5.81. The number of rotatable bonds is 5. The summed E-state index contributed by atoms with van der Waals surface area (Å²) >= 11 is 0. The molecule has 0 spiro atoms. The van der Waals surface area contributed by atoms with Gasteiger partial charge in [0.05, 0.1) is 5.69 Å². The van der Waals surface area contributed by atoms with E-state index in [2.05, 4.69) is 45.9 Å². The Balaban J connectivity index is 2.20. The monoisotopic (exact) mass is 227 g/mol. The lowest BCUT2D eigenvalue weighted by Gasteiger charge is -2.03. The fourth-order valence-corrected chi connectivity index (χ4v) is 1.73. The van der Waals surface area contributed by atoms with Crippen LogP contribution in [0.15, 0.2) is 42.6 Å². The molecule has 0 atom stereocenters. The molecule has 0 unspecified atom stereocenters. The van der Waals surface area contributed by atoms with Crippen LogP contribution in [0.4, 0.5) is 0 Å². The van der Waals surface area contributed by atoms with Crippen molar-refractivity contribution in [2.75, 3.05) is 13.6 Å². The Morgan fingerprint density at radius 1 is 1.29 bits per heavy atom. The van der Waals surface area contributed by atoms with Crippen molar-refractivity contribution in [2.45, 2.75) is 6.42 Å². The van der Waals surface area contributed by atoms with E-state index in [-0.39, 0.29) is 0 Å². The molecule has 1 aromatic heterocycles. The summed E-state index contributed by atoms with van der Waals surface area (Å²) in [5.41, 5.74) is 3.46. The van der Waals surface area contributed by atoms with Crippen molar-refractivity contribution >= 4 is 6.08 Å². The molecular formula is C14H17N3. The van der Waals surface area contributed by atoms with E-state index >= 15 is 0 Å². The number of H-pyrrole nitrogens is 1. The van der Waals surface area contributed by atoms with E-state index in [1.807, 2.05) is 19.2 Å². The Hall–Kier alpha value is -1.87. The zero-order chi connectivity index (χ0) is 11.9. The minimum atomic E-state index is 1.00. The highest BCUT2D eigenvalue weighted by molar-refractivity contribution is 5.72. The van der Waals surface area contributed by atoms with E-state index in [1.54, 1.807) is 6.20 Å². The molecule has 3 heteroatoms. The minimum Gasteiger partial charge on any atom is -0.319 e. The zero-order valence-corrected chi connectivity index (χ0v) is 9.98. The number of aromatic nitrogens is 2. The van der Waals surface area contributed by atoms with Crippen LogP contribution in [0.5, 0.6) is 0 Å². The number of nitrogens with one attached hydrogen (secondary N) is 2. The van der Waals surface area contributed by atoms with Gasteiger partial charge >= 0.3 is 0 Å². The Labute approximate surface area is 102 Å². The van der Waals surface area contributed by atoms with E-state index in [4.69, 9.17) is 0 Å². The topological polar surface area (TPSA) is 40.7 Å². The van der Waals surface area contributed by atoms with E-state index < -0.39 is 0 Å². The Morgan fingerprint density at radius 2 is 2.18 bits per heavy atom. The molecule has 1 heterocycles. The lowest BCUT2D eigenvalue weighted by atomic mass is 10.0. The van der Waals surface area contributed by atoms with Gasteiger partial charge in [0.15, 0.2) is 0 Å². The molecule has 0 bridgehead atoms. The number of aromatic amines is 1. The third-order valence-corrected chi connectivity index (χ3v) is 2.61. The second kappa shape index (κ2) is 6.01. The maximum absolute atomic E-state index is 3.99. The lowest BCUT2D eigenvalue weighted by Crippen LogP contribution is -2.05. The minimum absolute atomic E-state index is 1.00. The second-order valence-electron chi connectivity index (χ2n) is 3.85. The molecule has 0 saturated heterocycles. The van der Waals surface area contributed by atoms with Crippen LogP contribution < -0.4 is 5.32 Å². The molecule has 2 aromatic rings. The van der Waals surface area contributed by atoms with Gasteiger partial charge in [-0.05, 0) is 31.6 Å². The molecule has 2 N–H and O–H groups in total. The summed E-state index contributed by atoms with van der Waals surface area (Å²) in [6.07, 6.45) is 7.16. The van der Waals surface area contributed by atoms with Crippen LogP contribution in [0, 0.1) is 0 Å². The van der Waals surface area contributed by atoms with Gasteiger partial charge in [-0.3, -0.25) is 5.10 Å². The summed E-state index contributed by atoms with van der Waals surface area (Å²) in [5.74, 6) is 0. The molecule has 1 aromatic carbocycles. The first-order chi connectivity index (χ1) is 8.42. The van der Waals surface area contributed by atoms with Crippen molar-refractivity contribution in [3.8, 4) is 11.3 Å². The summed E-state index contributed by atoms with van der Waals surface area (Å²) in [6.45, 7) is 1.00. The molecule has 0 aliphatic rings. The Morgan fingerprint density at radius 3 is 2.94 bits per heavy atom. The molecule has 0 amide bonds. The van der Waals surface area contributed by atoms with E-state index in [0.717, 1.165) is 18.7 Å². The van der Waals surface area contributed by atoms with Gasteiger partial charge in [0.1, 0.15) is 0 Å². The predicted octanol–water partition coefficient (Wildman–Crippen LogP) is 2.70. The van der Waals surface area contributed by atoms with Crippen LogP contribution in [-0.2, 0) is 0 Å². The molecule has 3 nitrogen and oxygen atoms in total. The molecule has 0 fully saturated rings. The van der Waals surface area contributed by atoms with Crippen LogP contribution in [0.1, 0.15) is 12.0 Å². The van der Waals surface area contributed by atoms with Crippen molar-refractivity contribution in [3.63, 3.8) is 0 Å². The van der Waals surface area contributed by atoms with E-state index in [9.17, 15) is 0 Å². The highest BCUT2D eigenvalue weighted by atomic mass is 15.1. The van der Waals surface area contributed by atoms with Crippen LogP contribution >= 0.6 is 0 Å². The first-order valence-corrected chi connectivity index (χ1v) is 5.81. The Bertz CT molecular complexity index is 472. The average molecular weight is 227 g/mol. The van der Waals surface area contributed by atoms with Crippen molar-refractivity contribution in [1.82, 2.24) is 15.5 Å². The van der Waals surface area contributed by atoms with Gasteiger partial charge in [0.2, 0.25) is 0 Å². The van der Waals surface area contributed by atoms with Crippen molar-refractivity contribution in [3.05, 3.63) is 48.2 Å². The van der Waals surface area contributed by atoms with Crippen molar-refractivity contribution in [2.24, 2.45) is 0 Å². The normalized spacial score (nSPS) is 11.1. The number of nitrogens with zero attached hydrogens (tertiary/aromatic N) is 1. The molecule has 0 radical (unpaired) electrons. The van der Waals surface area contributed by atoms with Gasteiger partial charge in [-0.2, -0.15) is 5.10 Å². The second-order valence-corrected chi connectivity index (χ2v) is 3.85. The van der Waals surface area contributed by atoms with Crippen molar-refractivity contribution in [1.29, 1.82) is 0 Å². The van der Waals surface area contributed by atoms with E-state index in [0.29, 0.717) is 0 Å². The fraction of sp³-hybridized carbons (Fsp3) is 0.214. The number of hydrogen-bond acceptors (Lipinski definition) is 2. The summed E-state index contributed by atoms with van der Waals surface area (Å²) < 4.78 is 0. The summed E-state index contributed by atoms with van der Waals surface area (Å²) in [4.78, 5) is 0. The third-order valence-electron chi connectivity index (χ3n) is 2.61. The predicted molar refractivity (Wildman–Crippen MR) is 71.6 cm³/mol. The van der Waals surface area contributed by atoms with Gasteiger partial charge in [0, 0.05) is 11.8 Å². The van der Waals surface area contributed by atoms with Gasteiger partial charge in [0.25, 0.3) is 0 Å². The summed E-state index contributed by atoms with van der Waals surface area (Å²) in [6, 6.07) is 10.3. The lowest BCUT2D eigenvalue weighted by molar-refractivity contribution is 0.809. The molecule has 0 aliphatic carbocycles. The van der Waals surface area contributed by atoms with Crippen molar-refractivity contribution < 1.29 is 0 Å². The molecule has 17 heavy (non-hydrogen) atoms. The van der Waals surface area contributed by atoms with Gasteiger partial charge in [-0.25, -0.2) is 0 Å². The molecule has 2 rings (SSSR count). The number of hydrogen-bond donors (Lipinski definition) is 2. The standard InChI is InChI=1S/C14H17N3/c1-15-10-5-4-7-12-6-2-3-8-13(12)14-9-11-16-17-14/h2-4,6-9,11,15H,5,10H2,1H3,(H,16,17).